The molecule has 128 valence electrons. The molecule has 5 N–H and O–H groups in total. The normalized spacial score (nSPS) is 41.2. The van der Waals surface area contributed by atoms with Gasteiger partial charge in [-0.1, -0.05) is 0 Å². The number of aryl methyl sites for hydroxylation is 1. The van der Waals surface area contributed by atoms with Gasteiger partial charge in [-0.25, -0.2) is 4.98 Å². The van der Waals surface area contributed by atoms with E-state index in [0.29, 0.717) is 11.4 Å². The van der Waals surface area contributed by atoms with E-state index in [1.54, 1.807) is 6.92 Å². The lowest BCUT2D eigenvalue weighted by Crippen LogP contribution is -2.49. The van der Waals surface area contributed by atoms with Crippen molar-refractivity contribution in [2.24, 2.45) is 0 Å². The van der Waals surface area contributed by atoms with E-state index in [9.17, 15) is 25.5 Å². The minimum atomic E-state index is -1.36. The Morgan fingerprint density at radius 2 is 1.52 bits per heavy atom. The van der Waals surface area contributed by atoms with Gasteiger partial charge in [0.2, 0.25) is 0 Å². The van der Waals surface area contributed by atoms with Gasteiger partial charge >= 0.3 is 0 Å². The first-order valence-electron chi connectivity index (χ1n) is 7.37. The minimum Gasteiger partial charge on any atom is -0.388 e. The van der Waals surface area contributed by atoms with Gasteiger partial charge in [0.05, 0.1) is 36.5 Å². The SMILES string of the molecule is Cc1ncc(C2OC[C@@H](O)[C@@H](O)[C@@H]2O)nc1C1OC[C@@H](O)[C@H]1O. The van der Waals surface area contributed by atoms with Gasteiger partial charge in [-0.15, -0.1) is 0 Å². The lowest BCUT2D eigenvalue weighted by atomic mass is 9.97. The molecule has 2 saturated heterocycles. The van der Waals surface area contributed by atoms with Crippen molar-refractivity contribution >= 4 is 0 Å². The molecule has 1 aromatic heterocycles. The van der Waals surface area contributed by atoms with Gasteiger partial charge in [-0.2, -0.15) is 0 Å². The molecular weight excluding hydrogens is 308 g/mol. The number of aromatic nitrogens is 2. The molecule has 2 aliphatic heterocycles. The molecular formula is C14H20N2O7. The molecule has 23 heavy (non-hydrogen) atoms. The molecule has 1 aromatic rings. The Hall–Kier alpha value is -1.20. The monoisotopic (exact) mass is 328 g/mol. The summed E-state index contributed by atoms with van der Waals surface area (Å²) < 4.78 is 10.7. The predicted molar refractivity (Wildman–Crippen MR) is 74.2 cm³/mol. The highest BCUT2D eigenvalue weighted by atomic mass is 16.5. The van der Waals surface area contributed by atoms with E-state index in [1.807, 2.05) is 0 Å². The largest absolute Gasteiger partial charge is 0.388 e. The van der Waals surface area contributed by atoms with Crippen LogP contribution in [-0.2, 0) is 9.47 Å². The second-order valence-electron chi connectivity index (χ2n) is 5.88. The Morgan fingerprint density at radius 3 is 2.13 bits per heavy atom. The Morgan fingerprint density at radius 1 is 0.913 bits per heavy atom. The zero-order valence-corrected chi connectivity index (χ0v) is 12.5. The molecule has 0 aliphatic carbocycles. The number of nitrogens with zero attached hydrogens (tertiary/aromatic N) is 2. The van der Waals surface area contributed by atoms with Crippen molar-refractivity contribution in [3.05, 3.63) is 23.3 Å². The highest BCUT2D eigenvalue weighted by Gasteiger charge is 2.41. The van der Waals surface area contributed by atoms with Crippen molar-refractivity contribution in [3.63, 3.8) is 0 Å². The maximum absolute atomic E-state index is 10.1. The van der Waals surface area contributed by atoms with Crippen LogP contribution < -0.4 is 0 Å². The molecule has 0 spiro atoms. The van der Waals surface area contributed by atoms with Crippen molar-refractivity contribution in [1.82, 2.24) is 9.97 Å². The summed E-state index contributed by atoms with van der Waals surface area (Å²) in [6.45, 7) is 1.53. The van der Waals surface area contributed by atoms with Gasteiger partial charge < -0.3 is 35.0 Å². The highest BCUT2D eigenvalue weighted by molar-refractivity contribution is 5.20. The third-order valence-corrected chi connectivity index (χ3v) is 4.22. The smallest absolute Gasteiger partial charge is 0.130 e. The summed E-state index contributed by atoms with van der Waals surface area (Å²) >= 11 is 0. The summed E-state index contributed by atoms with van der Waals surface area (Å²) in [4.78, 5) is 8.50. The summed E-state index contributed by atoms with van der Waals surface area (Å²) in [5.41, 5.74) is 1.10. The molecule has 0 saturated carbocycles. The molecule has 0 amide bonds. The van der Waals surface area contributed by atoms with Gasteiger partial charge in [0.15, 0.2) is 0 Å². The van der Waals surface area contributed by atoms with E-state index in [0.717, 1.165) is 0 Å². The number of hydrogen-bond donors (Lipinski definition) is 5. The number of aliphatic hydroxyl groups excluding tert-OH is 5. The standard InChI is InChI=1S/C14H20N2O7/c1-5-9(14-11(20)8(18)4-23-14)16-6(2-15-5)13-12(21)10(19)7(17)3-22-13/h2,7-8,10-14,17-21H,3-4H2,1H3/t7-,8-,10-,11-,12+,13?,14?/m1/s1. The number of hydrogen-bond acceptors (Lipinski definition) is 9. The molecule has 3 heterocycles. The van der Waals surface area contributed by atoms with Crippen LogP contribution in [0.3, 0.4) is 0 Å². The van der Waals surface area contributed by atoms with Crippen molar-refractivity contribution in [2.75, 3.05) is 13.2 Å². The molecule has 9 heteroatoms. The Labute approximate surface area is 132 Å². The van der Waals surface area contributed by atoms with Crippen molar-refractivity contribution in [1.29, 1.82) is 0 Å². The molecule has 2 aliphatic rings. The van der Waals surface area contributed by atoms with Crippen molar-refractivity contribution in [3.8, 4) is 0 Å². The van der Waals surface area contributed by atoms with Crippen LogP contribution in [0, 0.1) is 6.92 Å². The Balaban J connectivity index is 1.89. The van der Waals surface area contributed by atoms with Gasteiger partial charge in [-0.3, -0.25) is 4.98 Å². The fourth-order valence-electron chi connectivity index (χ4n) is 2.79. The van der Waals surface area contributed by atoms with E-state index in [1.165, 1.54) is 6.20 Å². The van der Waals surface area contributed by atoms with Crippen LogP contribution in [0.2, 0.25) is 0 Å². The van der Waals surface area contributed by atoms with Crippen molar-refractivity contribution < 1.29 is 35.0 Å². The van der Waals surface area contributed by atoms with Crippen LogP contribution in [0.5, 0.6) is 0 Å². The second-order valence-corrected chi connectivity index (χ2v) is 5.88. The fourth-order valence-corrected chi connectivity index (χ4v) is 2.79. The Kier molecular flexibility index (Phi) is 4.61. The third kappa shape index (κ3) is 2.96. The predicted octanol–water partition coefficient (Wildman–Crippen LogP) is -2.27. The van der Waals surface area contributed by atoms with E-state index < -0.39 is 42.7 Å². The van der Waals surface area contributed by atoms with Crippen LogP contribution in [0.4, 0.5) is 0 Å². The van der Waals surface area contributed by atoms with Crippen LogP contribution in [-0.4, -0.2) is 79.2 Å². The topological polar surface area (TPSA) is 145 Å². The lowest BCUT2D eigenvalue weighted by molar-refractivity contribution is -0.190. The number of ether oxygens (including phenoxy) is 2. The highest BCUT2D eigenvalue weighted by Crippen LogP contribution is 2.32. The van der Waals surface area contributed by atoms with Gasteiger partial charge in [-0.05, 0) is 6.92 Å². The van der Waals surface area contributed by atoms with E-state index >= 15 is 0 Å². The molecule has 2 fully saturated rings. The maximum Gasteiger partial charge on any atom is 0.130 e. The quantitative estimate of drug-likeness (QED) is 0.406. The first-order valence-corrected chi connectivity index (χ1v) is 7.37. The lowest BCUT2D eigenvalue weighted by Gasteiger charge is -2.35. The fraction of sp³-hybridized carbons (Fsp3) is 0.714. The van der Waals surface area contributed by atoms with E-state index in [2.05, 4.69) is 9.97 Å². The molecule has 0 radical (unpaired) electrons. The summed E-state index contributed by atoms with van der Waals surface area (Å²) in [5.74, 6) is 0. The molecule has 9 nitrogen and oxygen atoms in total. The first-order chi connectivity index (χ1) is 10.9. The third-order valence-electron chi connectivity index (χ3n) is 4.22. The van der Waals surface area contributed by atoms with Gasteiger partial charge in [0, 0.05) is 0 Å². The Bertz CT molecular complexity index is 572. The summed E-state index contributed by atoms with van der Waals surface area (Å²) in [7, 11) is 0. The summed E-state index contributed by atoms with van der Waals surface area (Å²) in [5, 5.41) is 48.9. The number of aliphatic hydroxyl groups is 5. The van der Waals surface area contributed by atoms with E-state index in [4.69, 9.17) is 9.47 Å². The molecule has 0 aromatic carbocycles. The van der Waals surface area contributed by atoms with E-state index in [-0.39, 0.29) is 18.9 Å². The van der Waals surface area contributed by atoms with Crippen LogP contribution in [0.15, 0.2) is 6.20 Å². The zero-order valence-electron chi connectivity index (χ0n) is 12.5. The average Bonchev–Trinajstić information content (AvgIpc) is 2.86. The first kappa shape index (κ1) is 16.7. The molecule has 0 bridgehead atoms. The molecule has 7 atom stereocenters. The zero-order chi connectivity index (χ0) is 16.7. The van der Waals surface area contributed by atoms with Gasteiger partial charge in [0.1, 0.15) is 42.7 Å². The minimum absolute atomic E-state index is 0.00928. The average molecular weight is 328 g/mol. The molecule has 3 rings (SSSR count). The number of rotatable bonds is 2. The maximum atomic E-state index is 10.1. The van der Waals surface area contributed by atoms with Crippen molar-refractivity contribution in [2.45, 2.75) is 49.7 Å². The van der Waals surface area contributed by atoms with Gasteiger partial charge in [0.25, 0.3) is 0 Å². The van der Waals surface area contributed by atoms with Crippen LogP contribution >= 0.6 is 0 Å². The summed E-state index contributed by atoms with van der Waals surface area (Å²) in [6.07, 6.45) is -6.39. The van der Waals surface area contributed by atoms with Crippen LogP contribution in [0.25, 0.3) is 0 Å². The molecule has 2 unspecified atom stereocenters. The second kappa shape index (κ2) is 6.36. The summed E-state index contributed by atoms with van der Waals surface area (Å²) in [6, 6.07) is 0. The van der Waals surface area contributed by atoms with Crippen LogP contribution in [0.1, 0.15) is 29.3 Å².